The Morgan fingerprint density at radius 1 is 0.967 bits per heavy atom. The van der Waals surface area contributed by atoms with E-state index in [1.165, 1.54) is 11.4 Å². The fourth-order valence-corrected chi connectivity index (χ4v) is 4.83. The Balaban J connectivity index is 1.77. The number of thioether (sulfide) groups is 1. The van der Waals surface area contributed by atoms with E-state index in [0.717, 1.165) is 21.9 Å². The first-order chi connectivity index (χ1) is 14.3. The van der Waals surface area contributed by atoms with Crippen molar-refractivity contribution in [2.45, 2.75) is 23.6 Å². The van der Waals surface area contributed by atoms with Crippen molar-refractivity contribution in [3.8, 4) is 0 Å². The van der Waals surface area contributed by atoms with E-state index in [1.807, 2.05) is 31.2 Å². The molecule has 0 bridgehead atoms. The van der Waals surface area contributed by atoms with Gasteiger partial charge in [-0.3, -0.25) is 9.10 Å². The van der Waals surface area contributed by atoms with Crippen molar-refractivity contribution in [2.24, 2.45) is 0 Å². The highest BCUT2D eigenvalue weighted by molar-refractivity contribution is 7.99. The smallest absolute Gasteiger partial charge is 0.264 e. The van der Waals surface area contributed by atoms with Crippen LogP contribution in [0.25, 0.3) is 0 Å². The van der Waals surface area contributed by atoms with Crippen LogP contribution in [0.15, 0.2) is 82.6 Å². The summed E-state index contributed by atoms with van der Waals surface area (Å²) in [5.74, 6) is 0.665. The molecule has 0 saturated carbocycles. The summed E-state index contributed by atoms with van der Waals surface area (Å²) in [5.41, 5.74) is 2.69. The molecule has 3 rings (SSSR count). The first kappa shape index (κ1) is 21.9. The van der Waals surface area contributed by atoms with Gasteiger partial charge in [0.05, 0.1) is 16.3 Å². The zero-order valence-corrected chi connectivity index (χ0v) is 18.8. The van der Waals surface area contributed by atoms with Crippen LogP contribution < -0.4 is 9.62 Å². The first-order valence-electron chi connectivity index (χ1n) is 9.51. The molecule has 0 spiro atoms. The number of carbonyl (C=O) groups is 1. The molecule has 0 aliphatic heterocycles. The molecule has 1 amide bonds. The molecule has 5 nitrogen and oxygen atoms in total. The standard InChI is InChI=1S/C23H24N2O3S2/c1-4-29-22-8-6-5-7-21(22)24-23(26)18-11-13-19(14-12-18)25(3)30(27,28)20-15-9-17(2)10-16-20/h5-16H,4H2,1-3H3,(H,24,26). The predicted octanol–water partition coefficient (Wildman–Crippen LogP) is 5.18. The van der Waals surface area contributed by atoms with E-state index >= 15 is 0 Å². The zero-order valence-electron chi connectivity index (χ0n) is 17.1. The Bertz CT molecular complexity index is 1130. The molecule has 3 aromatic rings. The van der Waals surface area contributed by atoms with E-state index in [2.05, 4.69) is 12.2 Å². The molecule has 0 aliphatic rings. The molecule has 156 valence electrons. The monoisotopic (exact) mass is 440 g/mol. The van der Waals surface area contributed by atoms with E-state index in [9.17, 15) is 13.2 Å². The molecule has 7 heteroatoms. The highest BCUT2D eigenvalue weighted by atomic mass is 32.2. The number of aryl methyl sites for hydroxylation is 1. The molecular weight excluding hydrogens is 416 g/mol. The summed E-state index contributed by atoms with van der Waals surface area (Å²) in [4.78, 5) is 13.9. The number of sulfonamides is 1. The quantitative estimate of drug-likeness (QED) is 0.514. The van der Waals surface area contributed by atoms with Gasteiger partial charge in [-0.05, 0) is 61.2 Å². The molecule has 1 N–H and O–H groups in total. The lowest BCUT2D eigenvalue weighted by molar-refractivity contribution is 0.102. The number of benzene rings is 3. The van der Waals surface area contributed by atoms with Crippen molar-refractivity contribution in [2.75, 3.05) is 22.4 Å². The highest BCUT2D eigenvalue weighted by Crippen LogP contribution is 2.27. The lowest BCUT2D eigenvalue weighted by Gasteiger charge is -2.20. The van der Waals surface area contributed by atoms with Gasteiger partial charge in [0, 0.05) is 17.5 Å². The molecule has 0 heterocycles. The predicted molar refractivity (Wildman–Crippen MR) is 124 cm³/mol. The fraction of sp³-hybridized carbons (Fsp3) is 0.174. The Morgan fingerprint density at radius 2 is 1.60 bits per heavy atom. The summed E-state index contributed by atoms with van der Waals surface area (Å²) in [6.07, 6.45) is 0. The van der Waals surface area contributed by atoms with Gasteiger partial charge < -0.3 is 5.32 Å². The normalized spacial score (nSPS) is 11.2. The van der Waals surface area contributed by atoms with Gasteiger partial charge in [-0.1, -0.05) is 36.8 Å². The van der Waals surface area contributed by atoms with Crippen LogP contribution in [0.1, 0.15) is 22.8 Å². The van der Waals surface area contributed by atoms with Gasteiger partial charge in [-0.2, -0.15) is 0 Å². The van der Waals surface area contributed by atoms with E-state index in [1.54, 1.807) is 60.3 Å². The summed E-state index contributed by atoms with van der Waals surface area (Å²) < 4.78 is 26.9. The Kier molecular flexibility index (Phi) is 6.84. The topological polar surface area (TPSA) is 66.5 Å². The molecule has 0 fully saturated rings. The van der Waals surface area contributed by atoms with Crippen LogP contribution in [0.4, 0.5) is 11.4 Å². The van der Waals surface area contributed by atoms with Crippen LogP contribution in [0, 0.1) is 6.92 Å². The minimum Gasteiger partial charge on any atom is -0.321 e. The summed E-state index contributed by atoms with van der Waals surface area (Å²) >= 11 is 1.66. The maximum atomic E-state index is 12.8. The van der Waals surface area contributed by atoms with Gasteiger partial charge in [0.15, 0.2) is 0 Å². The molecule has 0 atom stereocenters. The minimum atomic E-state index is -3.67. The second kappa shape index (κ2) is 9.36. The molecule has 30 heavy (non-hydrogen) atoms. The number of hydrogen-bond donors (Lipinski definition) is 1. The Hall–Kier alpha value is -2.77. The lowest BCUT2D eigenvalue weighted by Crippen LogP contribution is -2.26. The molecule has 0 aliphatic carbocycles. The Labute approximate surface area is 182 Å². The van der Waals surface area contributed by atoms with Gasteiger partial charge >= 0.3 is 0 Å². The molecule has 0 unspecified atom stereocenters. The molecule has 0 saturated heterocycles. The second-order valence-corrected chi connectivity index (χ2v) is 9.99. The highest BCUT2D eigenvalue weighted by Gasteiger charge is 2.21. The van der Waals surface area contributed by atoms with Crippen molar-refractivity contribution >= 4 is 39.1 Å². The van der Waals surface area contributed by atoms with Gasteiger partial charge in [0.1, 0.15) is 0 Å². The molecule has 0 radical (unpaired) electrons. The van der Waals surface area contributed by atoms with Crippen molar-refractivity contribution in [1.82, 2.24) is 0 Å². The number of carbonyl (C=O) groups excluding carboxylic acids is 1. The van der Waals surface area contributed by atoms with Crippen LogP contribution >= 0.6 is 11.8 Å². The van der Waals surface area contributed by atoms with E-state index in [-0.39, 0.29) is 10.8 Å². The number of amides is 1. The molecular formula is C23H24N2O3S2. The minimum absolute atomic E-state index is 0.224. The number of nitrogens with one attached hydrogen (secondary N) is 1. The maximum absolute atomic E-state index is 12.8. The third-order valence-corrected chi connectivity index (χ3v) is 7.36. The Morgan fingerprint density at radius 3 is 2.23 bits per heavy atom. The summed E-state index contributed by atoms with van der Waals surface area (Å²) in [7, 11) is -2.17. The fourth-order valence-electron chi connectivity index (χ4n) is 2.88. The van der Waals surface area contributed by atoms with Crippen molar-refractivity contribution in [3.63, 3.8) is 0 Å². The number of anilines is 2. The van der Waals surface area contributed by atoms with Crippen LogP contribution in [0.3, 0.4) is 0 Å². The van der Waals surface area contributed by atoms with E-state index in [0.29, 0.717) is 11.3 Å². The van der Waals surface area contributed by atoms with Crippen molar-refractivity contribution < 1.29 is 13.2 Å². The summed E-state index contributed by atoms with van der Waals surface area (Å²) in [6, 6.07) is 20.9. The first-order valence-corrected chi connectivity index (χ1v) is 11.9. The summed E-state index contributed by atoms with van der Waals surface area (Å²) in [6.45, 7) is 3.96. The van der Waals surface area contributed by atoms with Gasteiger partial charge in [-0.15, -0.1) is 11.8 Å². The zero-order chi connectivity index (χ0) is 21.7. The van der Waals surface area contributed by atoms with Gasteiger partial charge in [0.25, 0.3) is 15.9 Å². The average Bonchev–Trinajstić information content (AvgIpc) is 2.75. The molecule has 0 aromatic heterocycles. The van der Waals surface area contributed by atoms with Crippen molar-refractivity contribution in [1.29, 1.82) is 0 Å². The second-order valence-electron chi connectivity index (χ2n) is 6.72. The molecule has 3 aromatic carbocycles. The van der Waals surface area contributed by atoms with Crippen LogP contribution in [0.5, 0.6) is 0 Å². The van der Waals surface area contributed by atoms with Crippen molar-refractivity contribution in [3.05, 3.63) is 83.9 Å². The average molecular weight is 441 g/mol. The SMILES string of the molecule is CCSc1ccccc1NC(=O)c1ccc(N(C)S(=O)(=O)c2ccc(C)cc2)cc1. The number of para-hydroxylation sites is 1. The van der Waals surface area contributed by atoms with Crippen LogP contribution in [0.2, 0.25) is 0 Å². The summed E-state index contributed by atoms with van der Waals surface area (Å²) in [5, 5.41) is 2.93. The largest absolute Gasteiger partial charge is 0.321 e. The van der Waals surface area contributed by atoms with Gasteiger partial charge in [0.2, 0.25) is 0 Å². The van der Waals surface area contributed by atoms with E-state index < -0.39 is 10.0 Å². The number of rotatable bonds is 7. The number of nitrogens with zero attached hydrogens (tertiary/aromatic N) is 1. The number of hydrogen-bond acceptors (Lipinski definition) is 4. The maximum Gasteiger partial charge on any atom is 0.264 e. The van der Waals surface area contributed by atoms with Crippen LogP contribution in [-0.2, 0) is 10.0 Å². The van der Waals surface area contributed by atoms with Crippen LogP contribution in [-0.4, -0.2) is 27.1 Å². The van der Waals surface area contributed by atoms with E-state index in [4.69, 9.17) is 0 Å². The van der Waals surface area contributed by atoms with Gasteiger partial charge in [-0.25, -0.2) is 8.42 Å². The lowest BCUT2D eigenvalue weighted by atomic mass is 10.2. The third kappa shape index (κ3) is 4.86. The third-order valence-electron chi connectivity index (χ3n) is 4.61.